The monoisotopic (exact) mass is 348 g/mol. The van der Waals surface area contributed by atoms with Crippen molar-refractivity contribution in [2.75, 3.05) is 0 Å². The highest BCUT2D eigenvalue weighted by atomic mass is 19.1. The second-order valence-corrected chi connectivity index (χ2v) is 6.17. The molecule has 0 N–H and O–H groups in total. The highest BCUT2D eigenvalue weighted by molar-refractivity contribution is 6.03. The van der Waals surface area contributed by atoms with Crippen LogP contribution in [0.4, 0.5) is 4.39 Å². The molecule has 2 aromatic carbocycles. The van der Waals surface area contributed by atoms with Crippen LogP contribution >= 0.6 is 0 Å². The summed E-state index contributed by atoms with van der Waals surface area (Å²) in [4.78, 5) is 21.1. The topological polar surface area (TPSA) is 58.5 Å². The predicted molar refractivity (Wildman–Crippen MR) is 97.0 cm³/mol. The Morgan fingerprint density at radius 1 is 1.12 bits per heavy atom. The van der Waals surface area contributed by atoms with Gasteiger partial charge < -0.3 is 0 Å². The Balaban J connectivity index is 1.72. The van der Waals surface area contributed by atoms with Crippen molar-refractivity contribution in [3.63, 3.8) is 0 Å². The molecule has 0 saturated heterocycles. The molecule has 6 heteroatoms. The zero-order valence-electron chi connectivity index (χ0n) is 14.3. The third-order valence-corrected chi connectivity index (χ3v) is 4.52. The first-order chi connectivity index (χ1) is 12.7. The molecule has 0 saturated carbocycles. The van der Waals surface area contributed by atoms with Gasteiger partial charge in [0.05, 0.1) is 22.8 Å². The molecule has 0 bridgehead atoms. The molecule has 1 aromatic heterocycles. The summed E-state index contributed by atoms with van der Waals surface area (Å²) in [6.45, 7) is 1.82. The van der Waals surface area contributed by atoms with E-state index in [1.165, 1.54) is 17.1 Å². The Morgan fingerprint density at radius 2 is 1.85 bits per heavy atom. The van der Waals surface area contributed by atoms with Gasteiger partial charge in [0.2, 0.25) is 5.91 Å². The number of hydrogen-bond acceptors (Lipinski definition) is 4. The molecule has 1 amide bonds. The first-order valence-corrected chi connectivity index (χ1v) is 8.52. The number of aromatic nitrogens is 2. The fourth-order valence-corrected chi connectivity index (χ4v) is 3.17. The molecule has 1 aliphatic rings. The minimum atomic E-state index is -0.293. The van der Waals surface area contributed by atoms with Gasteiger partial charge in [-0.3, -0.25) is 14.8 Å². The number of carbonyl (C=O) groups excluding carboxylic acids is 1. The molecule has 0 radical (unpaired) electrons. The maximum absolute atomic E-state index is 13.2. The molecular weight excluding hydrogens is 331 g/mol. The van der Waals surface area contributed by atoms with Crippen LogP contribution in [-0.4, -0.2) is 26.6 Å². The Bertz CT molecular complexity index is 1000. The van der Waals surface area contributed by atoms with Crippen LogP contribution < -0.4 is 0 Å². The van der Waals surface area contributed by atoms with E-state index in [0.29, 0.717) is 12.8 Å². The first-order valence-electron chi connectivity index (χ1n) is 8.52. The van der Waals surface area contributed by atoms with Gasteiger partial charge in [-0.15, -0.1) is 0 Å². The maximum Gasteiger partial charge on any atom is 0.242 e. The molecule has 4 rings (SSSR count). The molecule has 0 fully saturated rings. The van der Waals surface area contributed by atoms with E-state index >= 15 is 0 Å². The summed E-state index contributed by atoms with van der Waals surface area (Å²) in [5.74, 6) is -0.343. The van der Waals surface area contributed by atoms with E-state index in [1.807, 2.05) is 25.1 Å². The van der Waals surface area contributed by atoms with Crippen molar-refractivity contribution in [2.24, 2.45) is 5.10 Å². The Labute approximate surface area is 150 Å². The molecule has 3 aromatic rings. The molecule has 0 spiro atoms. The fraction of sp³-hybridized carbons (Fsp3) is 0.200. The van der Waals surface area contributed by atoms with Crippen molar-refractivity contribution in [3.05, 3.63) is 71.8 Å². The van der Waals surface area contributed by atoms with Crippen LogP contribution in [0.1, 0.15) is 36.9 Å². The van der Waals surface area contributed by atoms with Gasteiger partial charge in [0.1, 0.15) is 5.82 Å². The van der Waals surface area contributed by atoms with Crippen molar-refractivity contribution in [1.29, 1.82) is 0 Å². The van der Waals surface area contributed by atoms with Gasteiger partial charge in [-0.25, -0.2) is 9.40 Å². The lowest BCUT2D eigenvalue weighted by atomic mass is 9.98. The average molecular weight is 348 g/mol. The van der Waals surface area contributed by atoms with Gasteiger partial charge >= 0.3 is 0 Å². The van der Waals surface area contributed by atoms with Gasteiger partial charge in [0.15, 0.2) is 0 Å². The highest BCUT2D eigenvalue weighted by Crippen LogP contribution is 2.34. The van der Waals surface area contributed by atoms with E-state index < -0.39 is 0 Å². The van der Waals surface area contributed by atoms with Crippen molar-refractivity contribution in [3.8, 4) is 0 Å². The van der Waals surface area contributed by atoms with Crippen LogP contribution in [0.15, 0.2) is 60.0 Å². The van der Waals surface area contributed by atoms with Gasteiger partial charge in [-0.05, 0) is 35.4 Å². The molecule has 1 atom stereocenters. The molecule has 130 valence electrons. The number of rotatable bonds is 3. The van der Waals surface area contributed by atoms with E-state index in [9.17, 15) is 9.18 Å². The fourth-order valence-electron chi connectivity index (χ4n) is 3.17. The minimum absolute atomic E-state index is 0.0497. The van der Waals surface area contributed by atoms with Gasteiger partial charge in [-0.1, -0.05) is 25.1 Å². The van der Waals surface area contributed by atoms with Crippen LogP contribution in [0.25, 0.3) is 11.0 Å². The minimum Gasteiger partial charge on any atom is -0.273 e. The summed E-state index contributed by atoms with van der Waals surface area (Å²) in [7, 11) is 0. The van der Waals surface area contributed by atoms with Crippen molar-refractivity contribution in [2.45, 2.75) is 25.8 Å². The number of benzene rings is 2. The first kappa shape index (κ1) is 16.3. The van der Waals surface area contributed by atoms with E-state index in [0.717, 1.165) is 27.9 Å². The van der Waals surface area contributed by atoms with E-state index in [4.69, 9.17) is 0 Å². The number of fused-ring (bicyclic) bond motifs is 1. The number of hydrazone groups is 1. The standard InChI is InChI=1S/C20H17FN4O/c1-2-20(26)25-19(12-17(24-25)13-3-6-15(21)7-4-13)14-5-8-16-18(11-14)23-10-9-22-16/h3-11,19H,2,12H2,1H3/t19-/m1/s1. The second-order valence-electron chi connectivity index (χ2n) is 6.17. The van der Waals surface area contributed by atoms with Crippen LogP contribution in [-0.2, 0) is 4.79 Å². The summed E-state index contributed by atoms with van der Waals surface area (Å²) in [6.07, 6.45) is 4.24. The zero-order chi connectivity index (χ0) is 18.1. The zero-order valence-corrected chi connectivity index (χ0v) is 14.3. The van der Waals surface area contributed by atoms with Crippen molar-refractivity contribution in [1.82, 2.24) is 15.0 Å². The number of halogens is 1. The van der Waals surface area contributed by atoms with Crippen molar-refractivity contribution >= 4 is 22.7 Å². The summed E-state index contributed by atoms with van der Waals surface area (Å²) < 4.78 is 13.2. The number of carbonyl (C=O) groups is 1. The second kappa shape index (κ2) is 6.63. The van der Waals surface area contributed by atoms with Crippen LogP contribution in [0.2, 0.25) is 0 Å². The molecule has 0 aliphatic carbocycles. The number of nitrogens with zero attached hydrogens (tertiary/aromatic N) is 4. The molecule has 2 heterocycles. The summed E-state index contributed by atoms with van der Waals surface area (Å²) >= 11 is 0. The lowest BCUT2D eigenvalue weighted by Crippen LogP contribution is -2.26. The van der Waals surface area contributed by atoms with Gasteiger partial charge in [0, 0.05) is 25.2 Å². The lowest BCUT2D eigenvalue weighted by Gasteiger charge is -2.21. The third-order valence-electron chi connectivity index (χ3n) is 4.52. The molecule has 26 heavy (non-hydrogen) atoms. The molecule has 0 unspecified atom stereocenters. The number of amides is 1. The largest absolute Gasteiger partial charge is 0.273 e. The number of hydrogen-bond donors (Lipinski definition) is 0. The predicted octanol–water partition coefficient (Wildman–Crippen LogP) is 3.86. The van der Waals surface area contributed by atoms with Crippen LogP contribution in [0, 0.1) is 5.82 Å². The van der Waals surface area contributed by atoms with Crippen molar-refractivity contribution < 1.29 is 9.18 Å². The summed E-state index contributed by atoms with van der Waals surface area (Å²) in [6, 6.07) is 11.8. The molecule has 5 nitrogen and oxygen atoms in total. The van der Waals surface area contributed by atoms with Gasteiger partial charge in [-0.2, -0.15) is 5.10 Å². The maximum atomic E-state index is 13.2. The lowest BCUT2D eigenvalue weighted by molar-refractivity contribution is -0.132. The van der Waals surface area contributed by atoms with E-state index in [-0.39, 0.29) is 17.8 Å². The summed E-state index contributed by atoms with van der Waals surface area (Å²) in [5, 5.41) is 6.08. The third kappa shape index (κ3) is 2.94. The normalized spacial score (nSPS) is 16.8. The van der Waals surface area contributed by atoms with Crippen LogP contribution in [0.5, 0.6) is 0 Å². The Hall–Kier alpha value is -3.15. The molecular formula is C20H17FN4O. The molecule has 1 aliphatic heterocycles. The smallest absolute Gasteiger partial charge is 0.242 e. The highest BCUT2D eigenvalue weighted by Gasteiger charge is 2.32. The van der Waals surface area contributed by atoms with Crippen LogP contribution in [0.3, 0.4) is 0 Å². The summed E-state index contributed by atoms with van der Waals surface area (Å²) in [5.41, 5.74) is 4.14. The Morgan fingerprint density at radius 3 is 2.58 bits per heavy atom. The Kier molecular flexibility index (Phi) is 4.16. The van der Waals surface area contributed by atoms with E-state index in [1.54, 1.807) is 24.5 Å². The van der Waals surface area contributed by atoms with E-state index in [2.05, 4.69) is 15.1 Å². The SMILES string of the molecule is CCC(=O)N1N=C(c2ccc(F)cc2)C[C@@H]1c1ccc2nccnc2c1. The quantitative estimate of drug-likeness (QED) is 0.722. The van der Waals surface area contributed by atoms with Gasteiger partial charge in [0.25, 0.3) is 0 Å². The average Bonchev–Trinajstić information content (AvgIpc) is 3.13.